The molecule has 10 heteroatoms. The molecule has 0 radical (unpaired) electrons. The molecule has 0 aromatic heterocycles. The summed E-state index contributed by atoms with van der Waals surface area (Å²) in [5, 5.41) is 21.0. The van der Waals surface area contributed by atoms with Crippen LogP contribution in [0.5, 0.6) is 5.75 Å². The summed E-state index contributed by atoms with van der Waals surface area (Å²) in [5.74, 6) is -0.296. The van der Waals surface area contributed by atoms with Gasteiger partial charge in [0.1, 0.15) is 5.75 Å². The van der Waals surface area contributed by atoms with Crippen molar-refractivity contribution >= 4 is 17.7 Å². The van der Waals surface area contributed by atoms with E-state index in [2.05, 4.69) is 5.32 Å². The third-order valence-corrected chi connectivity index (χ3v) is 2.62. The molecular weight excluding hydrogens is 324 g/mol. The molecule has 0 atom stereocenters. The summed E-state index contributed by atoms with van der Waals surface area (Å²) < 4.78 is 15.3. The zero-order valence-electron chi connectivity index (χ0n) is 12.8. The lowest BCUT2D eigenvalue weighted by Crippen LogP contribution is -2.25. The number of ether oxygens (including phenoxy) is 3. The van der Waals surface area contributed by atoms with Crippen LogP contribution >= 0.6 is 0 Å². The Hall–Kier alpha value is -2.72. The molecule has 10 nitrogen and oxygen atoms in total. The molecule has 1 amide bonds. The number of nitro groups is 1. The predicted molar refractivity (Wildman–Crippen MR) is 81.0 cm³/mol. The normalized spacial score (nSPS) is 10.2. The van der Waals surface area contributed by atoms with Gasteiger partial charge < -0.3 is 24.6 Å². The van der Waals surface area contributed by atoms with Gasteiger partial charge in [0, 0.05) is 18.7 Å². The number of nitrogens with one attached hydrogen (secondary N) is 1. The van der Waals surface area contributed by atoms with Crippen LogP contribution in [-0.2, 0) is 14.3 Å². The summed E-state index contributed by atoms with van der Waals surface area (Å²) in [6.45, 7) is 1.11. The van der Waals surface area contributed by atoms with Crippen LogP contribution in [0.3, 0.4) is 0 Å². The minimum absolute atomic E-state index is 0.0254. The molecule has 2 N–H and O–H groups in total. The zero-order valence-corrected chi connectivity index (χ0v) is 12.8. The average Bonchev–Trinajstić information content (AvgIpc) is 2.53. The van der Waals surface area contributed by atoms with Crippen molar-refractivity contribution in [3.05, 3.63) is 34.4 Å². The van der Waals surface area contributed by atoms with E-state index in [1.807, 2.05) is 0 Å². The van der Waals surface area contributed by atoms with E-state index in [0.29, 0.717) is 0 Å². The monoisotopic (exact) mass is 342 g/mol. The number of benzene rings is 1. The third kappa shape index (κ3) is 8.66. The molecule has 0 aliphatic carbocycles. The lowest BCUT2D eigenvalue weighted by atomic mass is 10.3. The smallest absolute Gasteiger partial charge is 0.404 e. The van der Waals surface area contributed by atoms with Crippen LogP contribution in [0.4, 0.5) is 10.5 Å². The van der Waals surface area contributed by atoms with Gasteiger partial charge in [0.2, 0.25) is 0 Å². The Morgan fingerprint density at radius 1 is 1.08 bits per heavy atom. The Labute approximate surface area is 137 Å². The highest BCUT2D eigenvalue weighted by molar-refractivity contribution is 5.72. The van der Waals surface area contributed by atoms with Gasteiger partial charge in [0.25, 0.3) is 5.69 Å². The van der Waals surface area contributed by atoms with Gasteiger partial charge in [-0.15, -0.1) is 0 Å². The molecule has 0 fully saturated rings. The molecule has 0 aliphatic heterocycles. The summed E-state index contributed by atoms with van der Waals surface area (Å²) in [6.07, 6.45) is -1.08. The Kier molecular flexibility index (Phi) is 8.79. The van der Waals surface area contributed by atoms with Crippen LogP contribution in [0.2, 0.25) is 0 Å². The minimum atomic E-state index is -1.11. The number of amides is 1. The summed E-state index contributed by atoms with van der Waals surface area (Å²) in [5.41, 5.74) is -0.0864. The maximum absolute atomic E-state index is 11.5. The maximum atomic E-state index is 11.5. The number of carbonyl (C=O) groups is 2. The summed E-state index contributed by atoms with van der Waals surface area (Å²) in [6, 6.07) is 5.18. The third-order valence-electron chi connectivity index (χ3n) is 2.62. The molecule has 0 aliphatic rings. The molecule has 132 valence electrons. The highest BCUT2D eigenvalue weighted by Gasteiger charge is 2.08. The first-order valence-electron chi connectivity index (χ1n) is 7.06. The van der Waals surface area contributed by atoms with Gasteiger partial charge in [-0.25, -0.2) is 4.79 Å². The van der Waals surface area contributed by atoms with E-state index >= 15 is 0 Å². The number of carbonyl (C=O) groups excluding carboxylic acids is 1. The van der Waals surface area contributed by atoms with Crippen LogP contribution in [0.25, 0.3) is 0 Å². The highest BCUT2D eigenvalue weighted by atomic mass is 16.6. The van der Waals surface area contributed by atoms with Crippen molar-refractivity contribution in [1.82, 2.24) is 5.32 Å². The summed E-state index contributed by atoms with van der Waals surface area (Å²) >= 11 is 0. The topological polar surface area (TPSA) is 137 Å². The predicted octanol–water partition coefficient (Wildman–Crippen LogP) is 1.19. The van der Waals surface area contributed by atoms with Crippen molar-refractivity contribution in [3.8, 4) is 5.75 Å². The first-order valence-corrected chi connectivity index (χ1v) is 7.06. The Balaban J connectivity index is 2.05. The van der Waals surface area contributed by atoms with Crippen molar-refractivity contribution in [2.75, 3.05) is 33.0 Å². The van der Waals surface area contributed by atoms with Crippen LogP contribution in [-0.4, -0.2) is 55.1 Å². The number of carboxylic acid groups (broad SMARTS) is 1. The quantitative estimate of drug-likeness (QED) is 0.201. The van der Waals surface area contributed by atoms with Crippen LogP contribution < -0.4 is 10.1 Å². The van der Waals surface area contributed by atoms with E-state index in [-0.39, 0.29) is 50.8 Å². The van der Waals surface area contributed by atoms with Gasteiger partial charge in [-0.1, -0.05) is 0 Å². The average molecular weight is 342 g/mol. The number of nitro benzene ring substituents is 1. The largest absolute Gasteiger partial charge is 0.465 e. The van der Waals surface area contributed by atoms with Gasteiger partial charge in [0.05, 0.1) is 37.8 Å². The summed E-state index contributed by atoms with van der Waals surface area (Å²) in [4.78, 5) is 31.6. The fourth-order valence-electron chi connectivity index (χ4n) is 1.53. The van der Waals surface area contributed by atoms with E-state index < -0.39 is 17.0 Å². The van der Waals surface area contributed by atoms with E-state index in [1.165, 1.54) is 24.3 Å². The molecule has 1 rings (SSSR count). The molecule has 0 saturated carbocycles. The van der Waals surface area contributed by atoms with Gasteiger partial charge in [-0.05, 0) is 12.1 Å². The fourth-order valence-corrected chi connectivity index (χ4v) is 1.53. The lowest BCUT2D eigenvalue weighted by molar-refractivity contribution is -0.384. The highest BCUT2D eigenvalue weighted by Crippen LogP contribution is 2.17. The molecule has 0 spiro atoms. The number of hydrogen-bond donors (Lipinski definition) is 2. The number of nitrogens with zero attached hydrogens (tertiary/aromatic N) is 1. The van der Waals surface area contributed by atoms with E-state index in [1.54, 1.807) is 0 Å². The van der Waals surface area contributed by atoms with Gasteiger partial charge in [-0.3, -0.25) is 14.9 Å². The molecule has 0 heterocycles. The standard InChI is InChI=1S/C14H18N2O8/c17-13(24-12-3-1-11(2-4-12)16(20)21)5-7-22-9-10-23-8-6-15-14(18)19/h1-4,15H,5-10H2,(H,18,19). The summed E-state index contributed by atoms with van der Waals surface area (Å²) in [7, 11) is 0. The Morgan fingerprint density at radius 2 is 1.71 bits per heavy atom. The second kappa shape index (κ2) is 10.9. The number of non-ortho nitro benzene ring substituents is 1. The van der Waals surface area contributed by atoms with Crippen molar-refractivity contribution in [2.24, 2.45) is 0 Å². The molecule has 0 saturated heterocycles. The molecular formula is C14H18N2O8. The second-order valence-electron chi connectivity index (χ2n) is 4.43. The molecule has 1 aromatic rings. The van der Waals surface area contributed by atoms with Crippen molar-refractivity contribution in [1.29, 1.82) is 0 Å². The van der Waals surface area contributed by atoms with Crippen LogP contribution in [0.15, 0.2) is 24.3 Å². The van der Waals surface area contributed by atoms with Gasteiger partial charge in [-0.2, -0.15) is 0 Å². The molecule has 1 aromatic carbocycles. The SMILES string of the molecule is O=C(O)NCCOCCOCCC(=O)Oc1ccc([N+](=O)[O-])cc1. The first kappa shape index (κ1) is 19.3. The van der Waals surface area contributed by atoms with Gasteiger partial charge >= 0.3 is 12.1 Å². The Bertz CT molecular complexity index is 546. The van der Waals surface area contributed by atoms with E-state index in [9.17, 15) is 19.7 Å². The first-order chi connectivity index (χ1) is 11.5. The van der Waals surface area contributed by atoms with Crippen molar-refractivity contribution in [2.45, 2.75) is 6.42 Å². The number of esters is 1. The van der Waals surface area contributed by atoms with Crippen LogP contribution in [0, 0.1) is 10.1 Å². The van der Waals surface area contributed by atoms with E-state index in [0.717, 1.165) is 0 Å². The second-order valence-corrected chi connectivity index (χ2v) is 4.43. The number of hydrogen-bond acceptors (Lipinski definition) is 7. The Morgan fingerprint density at radius 3 is 2.29 bits per heavy atom. The number of rotatable bonds is 11. The van der Waals surface area contributed by atoms with Gasteiger partial charge in [0.15, 0.2) is 0 Å². The zero-order chi connectivity index (χ0) is 17.8. The molecule has 24 heavy (non-hydrogen) atoms. The lowest BCUT2D eigenvalue weighted by Gasteiger charge is -2.06. The maximum Gasteiger partial charge on any atom is 0.404 e. The van der Waals surface area contributed by atoms with E-state index in [4.69, 9.17) is 19.3 Å². The fraction of sp³-hybridized carbons (Fsp3) is 0.429. The van der Waals surface area contributed by atoms with Crippen molar-refractivity contribution < 1.29 is 33.8 Å². The molecule has 0 bridgehead atoms. The van der Waals surface area contributed by atoms with Crippen LogP contribution in [0.1, 0.15) is 6.42 Å². The minimum Gasteiger partial charge on any atom is -0.465 e. The molecule has 0 unspecified atom stereocenters. The van der Waals surface area contributed by atoms with Crippen molar-refractivity contribution in [3.63, 3.8) is 0 Å².